The molecule has 1 aromatic rings. The maximum absolute atomic E-state index is 12.5. The molecule has 0 bridgehead atoms. The molecule has 0 radical (unpaired) electrons. The zero-order valence-corrected chi connectivity index (χ0v) is 6.67. The molecule has 1 heterocycles. The van der Waals surface area contributed by atoms with Crippen molar-refractivity contribution in [3.63, 3.8) is 0 Å². The van der Waals surface area contributed by atoms with E-state index < -0.39 is 6.08 Å². The van der Waals surface area contributed by atoms with E-state index in [2.05, 4.69) is 15.0 Å². The van der Waals surface area contributed by atoms with E-state index in [4.69, 9.17) is 0 Å². The third-order valence-electron chi connectivity index (χ3n) is 1.11. The Bertz CT molecular complexity index is 241. The van der Waals surface area contributed by atoms with Gasteiger partial charge >= 0.3 is 6.08 Å². The first-order valence-electron chi connectivity index (χ1n) is 3.15. The molecule has 60 valence electrons. The summed E-state index contributed by atoms with van der Waals surface area (Å²) in [6.45, 7) is 1.62. The topological polar surface area (TPSA) is 41.9 Å². The third-order valence-corrected chi connectivity index (χ3v) is 1.11. The van der Waals surface area contributed by atoms with E-state index in [0.29, 0.717) is 11.8 Å². The highest BCUT2D eigenvalue weighted by Crippen LogP contribution is 2.01. The van der Waals surface area contributed by atoms with Crippen LogP contribution in [0.2, 0.25) is 0 Å². The molecule has 4 nitrogen and oxygen atoms in total. The van der Waals surface area contributed by atoms with E-state index in [1.807, 2.05) is 0 Å². The Balaban J connectivity index is 3.08. The number of hydrogen-bond donors (Lipinski definition) is 0. The molecule has 11 heavy (non-hydrogen) atoms. The molecule has 0 saturated carbocycles. The lowest BCUT2D eigenvalue weighted by atomic mass is 10.7. The molecule has 5 heteroatoms. The van der Waals surface area contributed by atoms with Crippen molar-refractivity contribution in [2.75, 3.05) is 19.0 Å². The van der Waals surface area contributed by atoms with Crippen LogP contribution in [0.3, 0.4) is 0 Å². The van der Waals surface area contributed by atoms with Crippen LogP contribution in [0, 0.1) is 13.0 Å². The van der Waals surface area contributed by atoms with Crippen molar-refractivity contribution < 1.29 is 4.39 Å². The van der Waals surface area contributed by atoms with Gasteiger partial charge in [0.15, 0.2) is 0 Å². The van der Waals surface area contributed by atoms with Gasteiger partial charge in [-0.1, -0.05) is 0 Å². The fourth-order valence-corrected chi connectivity index (χ4v) is 0.636. The van der Waals surface area contributed by atoms with Crippen LogP contribution in [-0.4, -0.2) is 29.0 Å². The van der Waals surface area contributed by atoms with Crippen LogP contribution < -0.4 is 4.90 Å². The molecule has 0 aliphatic carbocycles. The monoisotopic (exact) mass is 156 g/mol. The molecule has 0 amide bonds. The minimum atomic E-state index is -0.735. The molecule has 0 aliphatic heterocycles. The van der Waals surface area contributed by atoms with Crippen molar-refractivity contribution in [1.82, 2.24) is 15.0 Å². The minimum absolute atomic E-state index is 0.343. The fraction of sp³-hybridized carbons (Fsp3) is 0.500. The second-order valence-electron chi connectivity index (χ2n) is 2.35. The van der Waals surface area contributed by atoms with Gasteiger partial charge in [-0.3, -0.25) is 0 Å². The summed E-state index contributed by atoms with van der Waals surface area (Å²) >= 11 is 0. The lowest BCUT2D eigenvalue weighted by Crippen LogP contribution is -2.14. The van der Waals surface area contributed by atoms with Crippen molar-refractivity contribution in [3.8, 4) is 0 Å². The zero-order chi connectivity index (χ0) is 8.43. The lowest BCUT2D eigenvalue weighted by molar-refractivity contribution is 0.527. The number of nitrogens with zero attached hydrogens (tertiary/aromatic N) is 4. The molecule has 0 N–H and O–H groups in total. The van der Waals surface area contributed by atoms with Crippen LogP contribution >= 0.6 is 0 Å². The van der Waals surface area contributed by atoms with Crippen LogP contribution in [0.4, 0.5) is 10.3 Å². The van der Waals surface area contributed by atoms with Gasteiger partial charge in [-0.15, -0.1) is 0 Å². The molecule has 1 aromatic heterocycles. The number of anilines is 1. The van der Waals surface area contributed by atoms with Gasteiger partial charge in [0.1, 0.15) is 5.82 Å². The Labute approximate surface area is 64.1 Å². The highest BCUT2D eigenvalue weighted by Gasteiger charge is 2.03. The molecule has 0 saturated heterocycles. The van der Waals surface area contributed by atoms with Gasteiger partial charge in [0, 0.05) is 14.1 Å². The SMILES string of the molecule is Cc1nc(F)nc(N(C)C)n1. The van der Waals surface area contributed by atoms with Crippen molar-refractivity contribution in [2.45, 2.75) is 6.92 Å². The van der Waals surface area contributed by atoms with Crippen molar-refractivity contribution in [2.24, 2.45) is 0 Å². The Morgan fingerprint density at radius 1 is 1.18 bits per heavy atom. The van der Waals surface area contributed by atoms with Crippen molar-refractivity contribution in [3.05, 3.63) is 11.9 Å². The highest BCUT2D eigenvalue weighted by molar-refractivity contribution is 5.24. The molecule has 0 spiro atoms. The second-order valence-corrected chi connectivity index (χ2v) is 2.35. The first kappa shape index (κ1) is 7.84. The Morgan fingerprint density at radius 3 is 2.27 bits per heavy atom. The quantitative estimate of drug-likeness (QED) is 0.589. The summed E-state index contributed by atoms with van der Waals surface area (Å²) < 4.78 is 12.5. The maximum Gasteiger partial charge on any atom is 0.313 e. The van der Waals surface area contributed by atoms with Crippen LogP contribution in [0.15, 0.2) is 0 Å². The van der Waals surface area contributed by atoms with Crippen molar-refractivity contribution in [1.29, 1.82) is 0 Å². The van der Waals surface area contributed by atoms with Gasteiger partial charge in [-0.05, 0) is 6.92 Å². The Morgan fingerprint density at radius 2 is 1.82 bits per heavy atom. The van der Waals surface area contributed by atoms with Crippen LogP contribution in [-0.2, 0) is 0 Å². The number of halogens is 1. The molecular weight excluding hydrogens is 147 g/mol. The predicted molar refractivity (Wildman–Crippen MR) is 38.8 cm³/mol. The van der Waals surface area contributed by atoms with Gasteiger partial charge in [-0.25, -0.2) is 0 Å². The highest BCUT2D eigenvalue weighted by atomic mass is 19.1. The maximum atomic E-state index is 12.5. The lowest BCUT2D eigenvalue weighted by Gasteiger charge is -2.08. The molecule has 0 unspecified atom stereocenters. The smallest absolute Gasteiger partial charge is 0.313 e. The molecule has 0 aliphatic rings. The Hall–Kier alpha value is -1.26. The largest absolute Gasteiger partial charge is 0.347 e. The summed E-state index contributed by atoms with van der Waals surface area (Å²) in [5.74, 6) is 0.733. The standard InChI is InChI=1S/C6H9FN4/c1-4-8-5(7)10-6(9-4)11(2)3/h1-3H3. The predicted octanol–water partition coefficient (Wildman–Crippen LogP) is 0.385. The number of aryl methyl sites for hydroxylation is 1. The molecule has 0 atom stereocenters. The summed E-state index contributed by atoms with van der Waals surface area (Å²) in [7, 11) is 3.49. The van der Waals surface area contributed by atoms with Gasteiger partial charge in [0.25, 0.3) is 0 Å². The average molecular weight is 156 g/mol. The summed E-state index contributed by atoms with van der Waals surface area (Å²) in [6.07, 6.45) is -0.735. The van der Waals surface area contributed by atoms with Crippen LogP contribution in [0.25, 0.3) is 0 Å². The summed E-state index contributed by atoms with van der Waals surface area (Å²) in [5.41, 5.74) is 0. The molecule has 1 rings (SSSR count). The van der Waals surface area contributed by atoms with Gasteiger partial charge in [-0.2, -0.15) is 19.3 Å². The van der Waals surface area contributed by atoms with E-state index in [1.54, 1.807) is 25.9 Å². The number of hydrogen-bond acceptors (Lipinski definition) is 4. The van der Waals surface area contributed by atoms with Gasteiger partial charge in [0.2, 0.25) is 5.95 Å². The third kappa shape index (κ3) is 1.83. The van der Waals surface area contributed by atoms with Gasteiger partial charge < -0.3 is 4.90 Å². The van der Waals surface area contributed by atoms with Crippen LogP contribution in [0.5, 0.6) is 0 Å². The molecule has 0 aromatic carbocycles. The number of aromatic nitrogens is 3. The fourth-order valence-electron chi connectivity index (χ4n) is 0.636. The van der Waals surface area contributed by atoms with Crippen molar-refractivity contribution >= 4 is 5.95 Å². The first-order valence-corrected chi connectivity index (χ1v) is 3.15. The van der Waals surface area contributed by atoms with E-state index >= 15 is 0 Å². The first-order chi connectivity index (χ1) is 5.09. The van der Waals surface area contributed by atoms with Gasteiger partial charge in [0.05, 0.1) is 0 Å². The van der Waals surface area contributed by atoms with E-state index in [9.17, 15) is 4.39 Å². The number of rotatable bonds is 1. The van der Waals surface area contributed by atoms with E-state index in [0.717, 1.165) is 0 Å². The zero-order valence-electron chi connectivity index (χ0n) is 6.67. The van der Waals surface area contributed by atoms with E-state index in [1.165, 1.54) is 0 Å². The summed E-state index contributed by atoms with van der Waals surface area (Å²) in [5, 5.41) is 0. The van der Waals surface area contributed by atoms with Crippen LogP contribution in [0.1, 0.15) is 5.82 Å². The molecule has 0 fully saturated rings. The normalized spacial score (nSPS) is 9.82. The van der Waals surface area contributed by atoms with E-state index in [-0.39, 0.29) is 0 Å². The summed E-state index contributed by atoms with van der Waals surface area (Å²) in [6, 6.07) is 0. The average Bonchev–Trinajstić information content (AvgIpc) is 1.85. The summed E-state index contributed by atoms with van der Waals surface area (Å²) in [4.78, 5) is 12.4. The Kier molecular flexibility index (Phi) is 1.98. The molecular formula is C6H9FN4. The minimum Gasteiger partial charge on any atom is -0.347 e. The second kappa shape index (κ2) is 2.77.